The molecule has 0 radical (unpaired) electrons. The molecule has 0 atom stereocenters. The molecule has 0 amide bonds. The monoisotopic (exact) mass is 286 g/mol. The van der Waals surface area contributed by atoms with Gasteiger partial charge in [-0.3, -0.25) is 4.79 Å². The normalized spacial score (nSPS) is 9.90. The fraction of sp³-hybridized carbons (Fsp3) is 0.786. The second-order valence-corrected chi connectivity index (χ2v) is 4.61. The van der Waals surface area contributed by atoms with Gasteiger partial charge < -0.3 is 16.6 Å². The molecule has 20 heavy (non-hydrogen) atoms. The third-order valence-corrected chi connectivity index (χ3v) is 2.44. The summed E-state index contributed by atoms with van der Waals surface area (Å²) in [6, 6.07) is 0. The molecule has 6 nitrogen and oxygen atoms in total. The van der Waals surface area contributed by atoms with Crippen LogP contribution in [0, 0.1) is 0 Å². The van der Waals surface area contributed by atoms with Gasteiger partial charge in [0.15, 0.2) is 0 Å². The van der Waals surface area contributed by atoms with E-state index in [9.17, 15) is 0 Å². The van der Waals surface area contributed by atoms with Crippen molar-refractivity contribution >= 4 is 18.1 Å². The summed E-state index contributed by atoms with van der Waals surface area (Å²) in [4.78, 5) is 9.00. The lowest BCUT2D eigenvalue weighted by Gasteiger charge is -1.99. The van der Waals surface area contributed by atoms with Gasteiger partial charge in [0.05, 0.1) is 0 Å². The lowest BCUT2D eigenvalue weighted by atomic mass is 10.1. The minimum atomic E-state index is -0.833. The molecule has 0 aromatic rings. The summed E-state index contributed by atoms with van der Waals surface area (Å²) in [7, 11) is 0. The molecule has 0 saturated carbocycles. The second kappa shape index (κ2) is 17.4. The summed E-state index contributed by atoms with van der Waals surface area (Å²) in [5, 5.41) is 14.7. The van der Waals surface area contributed by atoms with Crippen molar-refractivity contribution in [2.45, 2.75) is 71.6 Å². The van der Waals surface area contributed by atoms with E-state index in [1.165, 1.54) is 51.4 Å². The van der Waals surface area contributed by atoms with Crippen LogP contribution in [-0.2, 0) is 4.79 Å². The molecule has 5 N–H and O–H groups in total. The average Bonchev–Trinajstić information content (AvgIpc) is 2.35. The van der Waals surface area contributed by atoms with Crippen molar-refractivity contribution in [2.75, 3.05) is 0 Å². The smallest absolute Gasteiger partial charge is 0.300 e. The van der Waals surface area contributed by atoms with Crippen LogP contribution >= 0.6 is 0 Å². The van der Waals surface area contributed by atoms with Crippen LogP contribution in [0.5, 0.6) is 0 Å². The van der Waals surface area contributed by atoms with Gasteiger partial charge in [-0.1, -0.05) is 51.9 Å². The largest absolute Gasteiger partial charge is 0.481 e. The molecular formula is C14H30N4O2. The molecule has 0 saturated heterocycles. The number of unbranched alkanes of at least 4 members (excludes halogenated alkanes) is 8. The van der Waals surface area contributed by atoms with Crippen molar-refractivity contribution in [1.29, 1.82) is 0 Å². The number of nitrogens with two attached hydrogens (primary N) is 2. The van der Waals surface area contributed by atoms with Crippen LogP contribution in [0.15, 0.2) is 10.2 Å². The van der Waals surface area contributed by atoms with Crippen molar-refractivity contribution in [3.8, 4) is 0 Å². The van der Waals surface area contributed by atoms with E-state index < -0.39 is 5.97 Å². The molecule has 0 heterocycles. The lowest BCUT2D eigenvalue weighted by Crippen LogP contribution is -2.21. The highest BCUT2D eigenvalue weighted by Gasteiger charge is 1.90. The van der Waals surface area contributed by atoms with E-state index in [0.29, 0.717) is 0 Å². The van der Waals surface area contributed by atoms with Crippen molar-refractivity contribution in [2.24, 2.45) is 21.7 Å². The Kier molecular flexibility index (Phi) is 18.0. The molecule has 0 rings (SSSR count). The number of hydrogen-bond acceptors (Lipinski definition) is 3. The maximum atomic E-state index is 9.00. The summed E-state index contributed by atoms with van der Waals surface area (Å²) >= 11 is 0. The number of rotatable bonds is 10. The summed E-state index contributed by atoms with van der Waals surface area (Å²) < 4.78 is 0. The average molecular weight is 286 g/mol. The summed E-state index contributed by atoms with van der Waals surface area (Å²) in [6.45, 7) is 3.33. The fourth-order valence-corrected chi connectivity index (χ4v) is 1.53. The Morgan fingerprint density at radius 1 is 1.05 bits per heavy atom. The van der Waals surface area contributed by atoms with Crippen molar-refractivity contribution in [3.05, 3.63) is 0 Å². The number of hydrogen-bond donors (Lipinski definition) is 3. The van der Waals surface area contributed by atoms with E-state index in [1.54, 1.807) is 6.21 Å². The van der Waals surface area contributed by atoms with Gasteiger partial charge >= 0.3 is 0 Å². The number of aliphatic carboxylic acids is 1. The summed E-state index contributed by atoms with van der Waals surface area (Å²) in [6.07, 6.45) is 13.4. The first-order valence-electron chi connectivity index (χ1n) is 7.30. The third kappa shape index (κ3) is 29.9. The van der Waals surface area contributed by atoms with Crippen molar-refractivity contribution in [3.63, 3.8) is 0 Å². The molecule has 0 spiro atoms. The Balaban J connectivity index is 0. The molecule has 0 unspecified atom stereocenters. The van der Waals surface area contributed by atoms with Crippen LogP contribution in [0.3, 0.4) is 0 Å². The molecular weight excluding hydrogens is 256 g/mol. The Morgan fingerprint density at radius 3 is 1.95 bits per heavy atom. The fourth-order valence-electron chi connectivity index (χ4n) is 1.53. The standard InChI is InChI=1S/C12H26N4.C2H4O2/c1-2-3-4-5-6-7-8-9-10-11-15-16-12(13)14;1-2(3)4/h11H,2-10H2,1H3,(H4,13,14,16);1H3,(H,3,4)/b15-11+;. The Labute approximate surface area is 122 Å². The maximum Gasteiger partial charge on any atom is 0.300 e. The van der Waals surface area contributed by atoms with E-state index in [-0.39, 0.29) is 5.96 Å². The molecule has 0 fully saturated rings. The first-order chi connectivity index (χ1) is 9.50. The number of carbonyl (C=O) groups is 1. The van der Waals surface area contributed by atoms with Gasteiger partial charge in [-0.2, -0.15) is 5.10 Å². The minimum absolute atomic E-state index is 0.0205. The molecule has 0 aliphatic rings. The predicted octanol–water partition coefficient (Wildman–Crippen LogP) is 2.87. The zero-order valence-corrected chi connectivity index (χ0v) is 12.8. The zero-order valence-electron chi connectivity index (χ0n) is 12.8. The number of guanidine groups is 1. The predicted molar refractivity (Wildman–Crippen MR) is 84.8 cm³/mol. The first kappa shape index (κ1) is 20.7. The molecule has 0 aliphatic heterocycles. The van der Waals surface area contributed by atoms with Gasteiger partial charge in [0, 0.05) is 13.1 Å². The Morgan fingerprint density at radius 2 is 1.50 bits per heavy atom. The van der Waals surface area contributed by atoms with Gasteiger partial charge in [0.2, 0.25) is 5.96 Å². The zero-order chi connectivity index (χ0) is 15.6. The Bertz CT molecular complexity index is 270. The van der Waals surface area contributed by atoms with Crippen LogP contribution < -0.4 is 11.5 Å². The summed E-state index contributed by atoms with van der Waals surface area (Å²) in [5.41, 5.74) is 10.3. The van der Waals surface area contributed by atoms with Crippen LogP contribution in [0.25, 0.3) is 0 Å². The number of carboxylic acids is 1. The lowest BCUT2D eigenvalue weighted by molar-refractivity contribution is -0.134. The molecule has 0 aliphatic carbocycles. The van der Waals surface area contributed by atoms with Gasteiger partial charge in [0.1, 0.15) is 0 Å². The van der Waals surface area contributed by atoms with Crippen LogP contribution in [0.2, 0.25) is 0 Å². The highest BCUT2D eigenvalue weighted by molar-refractivity contribution is 5.76. The van der Waals surface area contributed by atoms with Crippen molar-refractivity contribution < 1.29 is 9.90 Å². The number of carboxylic acid groups (broad SMARTS) is 1. The maximum absolute atomic E-state index is 9.00. The van der Waals surface area contributed by atoms with Gasteiger partial charge in [-0.05, 0) is 12.8 Å². The minimum Gasteiger partial charge on any atom is -0.481 e. The van der Waals surface area contributed by atoms with Crippen LogP contribution in [-0.4, -0.2) is 23.2 Å². The topological polar surface area (TPSA) is 114 Å². The molecule has 0 aromatic carbocycles. The van der Waals surface area contributed by atoms with Gasteiger partial charge in [0.25, 0.3) is 5.97 Å². The molecule has 118 valence electrons. The van der Waals surface area contributed by atoms with Crippen molar-refractivity contribution in [1.82, 2.24) is 0 Å². The number of nitrogens with zero attached hydrogens (tertiary/aromatic N) is 2. The van der Waals surface area contributed by atoms with Crippen LogP contribution in [0.1, 0.15) is 71.6 Å². The summed E-state index contributed by atoms with van der Waals surface area (Å²) in [5.74, 6) is -0.813. The molecule has 6 heteroatoms. The van der Waals surface area contributed by atoms with Crippen LogP contribution in [0.4, 0.5) is 0 Å². The van der Waals surface area contributed by atoms with E-state index in [2.05, 4.69) is 17.1 Å². The first-order valence-corrected chi connectivity index (χ1v) is 7.30. The van der Waals surface area contributed by atoms with E-state index in [4.69, 9.17) is 21.4 Å². The third-order valence-electron chi connectivity index (χ3n) is 2.44. The Hall–Kier alpha value is -1.59. The van der Waals surface area contributed by atoms with Gasteiger partial charge in [-0.25, -0.2) is 0 Å². The van der Waals surface area contributed by atoms with Gasteiger partial charge in [-0.15, -0.1) is 5.10 Å². The highest BCUT2D eigenvalue weighted by atomic mass is 16.4. The quantitative estimate of drug-likeness (QED) is 0.248. The van der Waals surface area contributed by atoms with E-state index >= 15 is 0 Å². The van der Waals surface area contributed by atoms with E-state index in [0.717, 1.165) is 13.3 Å². The molecule has 0 aromatic heterocycles. The second-order valence-electron chi connectivity index (χ2n) is 4.61. The van der Waals surface area contributed by atoms with E-state index in [1.807, 2.05) is 0 Å². The molecule has 0 bridgehead atoms. The highest BCUT2D eigenvalue weighted by Crippen LogP contribution is 2.08. The SMILES string of the molecule is CC(=O)O.CCCCCCCCCC/C=N/N=C(N)N.